The van der Waals surface area contributed by atoms with Gasteiger partial charge in [0.15, 0.2) is 5.96 Å². The number of hydrogen-bond donors (Lipinski definition) is 1. The van der Waals surface area contributed by atoms with E-state index in [9.17, 15) is 8.78 Å². The van der Waals surface area contributed by atoms with Crippen molar-refractivity contribution in [2.45, 2.75) is 26.0 Å². The SMILES string of the molecule is CN=C(NCc1ccc(OC(F)F)cc1)N1CCC2(CCOC2)C1. The molecule has 24 heavy (non-hydrogen) atoms. The zero-order chi connectivity index (χ0) is 17.0. The van der Waals surface area contributed by atoms with Crippen LogP contribution >= 0.6 is 0 Å². The van der Waals surface area contributed by atoms with E-state index in [1.807, 2.05) is 0 Å². The summed E-state index contributed by atoms with van der Waals surface area (Å²) in [6, 6.07) is 6.64. The van der Waals surface area contributed by atoms with Crippen LogP contribution in [0.3, 0.4) is 0 Å². The molecule has 3 rings (SSSR count). The Hall–Kier alpha value is -1.89. The molecule has 1 N–H and O–H groups in total. The number of likely N-dealkylation sites (tertiary alicyclic amines) is 1. The van der Waals surface area contributed by atoms with Crippen molar-refractivity contribution in [1.29, 1.82) is 0 Å². The van der Waals surface area contributed by atoms with Crippen LogP contribution in [0.1, 0.15) is 18.4 Å². The van der Waals surface area contributed by atoms with Gasteiger partial charge in [-0.3, -0.25) is 4.99 Å². The van der Waals surface area contributed by atoms with Crippen LogP contribution in [0, 0.1) is 5.41 Å². The van der Waals surface area contributed by atoms with Crippen LogP contribution in [-0.4, -0.2) is 50.8 Å². The lowest BCUT2D eigenvalue weighted by Crippen LogP contribution is -2.41. The lowest BCUT2D eigenvalue weighted by molar-refractivity contribution is -0.0498. The predicted molar refractivity (Wildman–Crippen MR) is 87.3 cm³/mol. The van der Waals surface area contributed by atoms with E-state index < -0.39 is 6.61 Å². The molecule has 2 aliphatic rings. The highest BCUT2D eigenvalue weighted by molar-refractivity contribution is 5.80. The number of ether oxygens (including phenoxy) is 2. The summed E-state index contributed by atoms with van der Waals surface area (Å²) >= 11 is 0. The minimum absolute atomic E-state index is 0.167. The highest BCUT2D eigenvalue weighted by Crippen LogP contribution is 2.38. The number of benzene rings is 1. The molecule has 7 heteroatoms. The lowest BCUT2D eigenvalue weighted by atomic mass is 9.87. The molecule has 2 heterocycles. The van der Waals surface area contributed by atoms with Crippen LogP contribution in [0.25, 0.3) is 0 Å². The highest BCUT2D eigenvalue weighted by Gasteiger charge is 2.42. The van der Waals surface area contributed by atoms with E-state index in [-0.39, 0.29) is 11.2 Å². The predicted octanol–water partition coefficient (Wildman–Crippen LogP) is 2.48. The smallest absolute Gasteiger partial charge is 0.387 e. The first kappa shape index (κ1) is 17.0. The number of nitrogens with zero attached hydrogens (tertiary/aromatic N) is 2. The van der Waals surface area contributed by atoms with E-state index in [4.69, 9.17) is 4.74 Å². The number of alkyl halides is 2. The largest absolute Gasteiger partial charge is 0.435 e. The van der Waals surface area contributed by atoms with Gasteiger partial charge in [0, 0.05) is 38.7 Å². The van der Waals surface area contributed by atoms with Gasteiger partial charge in [0.05, 0.1) is 6.61 Å². The molecule has 1 aromatic carbocycles. The average molecular weight is 339 g/mol. The summed E-state index contributed by atoms with van der Waals surface area (Å²) in [5, 5.41) is 3.34. The molecule has 2 saturated heterocycles. The fraction of sp³-hybridized carbons (Fsp3) is 0.588. The summed E-state index contributed by atoms with van der Waals surface area (Å²) < 4.78 is 34.2. The van der Waals surface area contributed by atoms with Crippen molar-refractivity contribution in [1.82, 2.24) is 10.2 Å². The van der Waals surface area contributed by atoms with E-state index in [1.54, 1.807) is 31.3 Å². The Kier molecular flexibility index (Phi) is 5.18. The number of halogens is 2. The van der Waals surface area contributed by atoms with Crippen molar-refractivity contribution in [2.24, 2.45) is 10.4 Å². The monoisotopic (exact) mass is 339 g/mol. The molecule has 0 amide bonds. The first-order valence-corrected chi connectivity index (χ1v) is 8.17. The van der Waals surface area contributed by atoms with Crippen molar-refractivity contribution in [2.75, 3.05) is 33.4 Å². The van der Waals surface area contributed by atoms with Crippen molar-refractivity contribution in [3.05, 3.63) is 29.8 Å². The summed E-state index contributed by atoms with van der Waals surface area (Å²) in [6.07, 6.45) is 2.25. The van der Waals surface area contributed by atoms with E-state index in [0.717, 1.165) is 50.7 Å². The molecule has 132 valence electrons. The second-order valence-corrected chi connectivity index (χ2v) is 6.40. The van der Waals surface area contributed by atoms with E-state index in [2.05, 4.69) is 19.9 Å². The Bertz CT molecular complexity index is 572. The number of nitrogens with one attached hydrogen (secondary N) is 1. The third-order valence-electron chi connectivity index (χ3n) is 4.73. The summed E-state index contributed by atoms with van der Waals surface area (Å²) in [5.41, 5.74) is 1.27. The van der Waals surface area contributed by atoms with Gasteiger partial charge in [-0.05, 0) is 30.5 Å². The molecule has 0 bridgehead atoms. The molecule has 0 radical (unpaired) electrons. The number of guanidine groups is 1. The normalized spacial score (nSPS) is 24.2. The van der Waals surface area contributed by atoms with Gasteiger partial charge < -0.3 is 19.7 Å². The van der Waals surface area contributed by atoms with Crippen molar-refractivity contribution >= 4 is 5.96 Å². The van der Waals surface area contributed by atoms with Gasteiger partial charge in [0.1, 0.15) is 5.75 Å². The molecule has 2 aliphatic heterocycles. The highest BCUT2D eigenvalue weighted by atomic mass is 19.3. The minimum Gasteiger partial charge on any atom is -0.435 e. The zero-order valence-corrected chi connectivity index (χ0v) is 13.8. The van der Waals surface area contributed by atoms with E-state index in [0.29, 0.717) is 6.54 Å². The van der Waals surface area contributed by atoms with Gasteiger partial charge in [0.2, 0.25) is 0 Å². The maximum Gasteiger partial charge on any atom is 0.387 e. The van der Waals surface area contributed by atoms with Gasteiger partial charge in [0.25, 0.3) is 0 Å². The number of aliphatic imine (C=N–C) groups is 1. The molecule has 1 aromatic rings. The molecule has 1 atom stereocenters. The van der Waals surface area contributed by atoms with Crippen molar-refractivity contribution < 1.29 is 18.3 Å². The molecule has 0 aliphatic carbocycles. The van der Waals surface area contributed by atoms with Crippen LogP contribution in [-0.2, 0) is 11.3 Å². The number of hydrogen-bond acceptors (Lipinski definition) is 3. The Morgan fingerprint density at radius 1 is 1.38 bits per heavy atom. The van der Waals surface area contributed by atoms with Crippen LogP contribution in [0.2, 0.25) is 0 Å². The van der Waals surface area contributed by atoms with Gasteiger partial charge in [-0.15, -0.1) is 0 Å². The van der Waals surface area contributed by atoms with Crippen LogP contribution in [0.15, 0.2) is 29.3 Å². The number of rotatable bonds is 4. The Balaban J connectivity index is 1.53. The molecule has 1 spiro atoms. The third kappa shape index (κ3) is 3.95. The maximum atomic E-state index is 12.2. The molecular formula is C17H23F2N3O2. The molecule has 0 saturated carbocycles. The minimum atomic E-state index is -2.80. The fourth-order valence-corrected chi connectivity index (χ4v) is 3.39. The zero-order valence-electron chi connectivity index (χ0n) is 13.8. The second kappa shape index (κ2) is 7.34. The molecule has 2 fully saturated rings. The molecule has 5 nitrogen and oxygen atoms in total. The van der Waals surface area contributed by atoms with Crippen molar-refractivity contribution in [3.63, 3.8) is 0 Å². The first-order valence-electron chi connectivity index (χ1n) is 8.17. The quantitative estimate of drug-likeness (QED) is 0.676. The molecule has 1 unspecified atom stereocenters. The summed E-state index contributed by atoms with van der Waals surface area (Å²) in [5.74, 6) is 1.03. The van der Waals surface area contributed by atoms with Crippen LogP contribution < -0.4 is 10.1 Å². The van der Waals surface area contributed by atoms with E-state index >= 15 is 0 Å². The molecule has 0 aromatic heterocycles. The Morgan fingerprint density at radius 3 is 2.79 bits per heavy atom. The van der Waals surface area contributed by atoms with Gasteiger partial charge in [-0.2, -0.15) is 8.78 Å². The summed E-state index contributed by atoms with van der Waals surface area (Å²) in [4.78, 5) is 6.63. The maximum absolute atomic E-state index is 12.2. The average Bonchev–Trinajstić information content (AvgIpc) is 3.20. The topological polar surface area (TPSA) is 46.1 Å². The van der Waals surface area contributed by atoms with Gasteiger partial charge in [-0.25, -0.2) is 0 Å². The van der Waals surface area contributed by atoms with Crippen LogP contribution in [0.5, 0.6) is 5.75 Å². The summed E-state index contributed by atoms with van der Waals surface area (Å²) in [7, 11) is 1.78. The third-order valence-corrected chi connectivity index (χ3v) is 4.73. The van der Waals surface area contributed by atoms with Gasteiger partial charge in [-0.1, -0.05) is 12.1 Å². The summed E-state index contributed by atoms with van der Waals surface area (Å²) in [6.45, 7) is 1.42. The Labute approximate surface area is 140 Å². The van der Waals surface area contributed by atoms with Crippen molar-refractivity contribution in [3.8, 4) is 5.75 Å². The Morgan fingerprint density at radius 2 is 2.17 bits per heavy atom. The fourth-order valence-electron chi connectivity index (χ4n) is 3.39. The van der Waals surface area contributed by atoms with Crippen LogP contribution in [0.4, 0.5) is 8.78 Å². The second-order valence-electron chi connectivity index (χ2n) is 6.40. The van der Waals surface area contributed by atoms with Gasteiger partial charge >= 0.3 is 6.61 Å². The van der Waals surface area contributed by atoms with E-state index in [1.165, 1.54) is 0 Å². The standard InChI is InChI=1S/C17H23F2N3O2/c1-20-16(22-8-6-17(11-22)7-9-23-12-17)21-10-13-2-4-14(5-3-13)24-15(18)19/h2-5,15H,6-12H2,1H3,(H,20,21). The first-order chi connectivity index (χ1) is 11.6. The molecular weight excluding hydrogens is 316 g/mol. The lowest BCUT2D eigenvalue weighted by Gasteiger charge is -2.25.